The van der Waals surface area contributed by atoms with E-state index in [9.17, 15) is 5.11 Å². The third-order valence-electron chi connectivity index (χ3n) is 4.97. The van der Waals surface area contributed by atoms with Gasteiger partial charge < -0.3 is 29.4 Å². The average molecular weight is 469 g/mol. The smallest absolute Gasteiger partial charge is 0.336 e. The largest absolute Gasteiger partial charge is 0.460 e. The van der Waals surface area contributed by atoms with Crippen molar-refractivity contribution in [1.29, 1.82) is 0 Å². The van der Waals surface area contributed by atoms with Gasteiger partial charge in [-0.25, -0.2) is 4.68 Å². The number of ether oxygens (including phenoxy) is 4. The predicted molar refractivity (Wildman–Crippen MR) is 129 cm³/mol. The van der Waals surface area contributed by atoms with E-state index in [1.54, 1.807) is 4.68 Å². The summed E-state index contributed by atoms with van der Waals surface area (Å²) in [4.78, 5) is 4.62. The molecule has 4 rings (SSSR count). The Kier molecular flexibility index (Phi) is 7.54. The van der Waals surface area contributed by atoms with E-state index in [4.69, 9.17) is 18.9 Å². The van der Waals surface area contributed by atoms with E-state index in [-0.39, 0.29) is 12.9 Å². The van der Waals surface area contributed by atoms with Gasteiger partial charge in [0.25, 0.3) is 0 Å². The molecule has 1 unspecified atom stereocenters. The van der Waals surface area contributed by atoms with E-state index in [0.29, 0.717) is 49.0 Å². The van der Waals surface area contributed by atoms with Crippen LogP contribution in [0.25, 0.3) is 17.1 Å². The van der Waals surface area contributed by atoms with E-state index in [1.807, 2.05) is 56.3 Å². The molecule has 0 fully saturated rings. The third-order valence-corrected chi connectivity index (χ3v) is 4.97. The van der Waals surface area contributed by atoms with Gasteiger partial charge >= 0.3 is 6.01 Å². The first-order valence-electron chi connectivity index (χ1n) is 11.5. The highest BCUT2D eigenvalue weighted by Gasteiger charge is 2.20. The van der Waals surface area contributed by atoms with Gasteiger partial charge in [-0.3, -0.25) is 0 Å². The lowest BCUT2D eigenvalue weighted by atomic mass is 10.2. The van der Waals surface area contributed by atoms with Crippen molar-refractivity contribution in [2.75, 3.05) is 31.9 Å². The van der Waals surface area contributed by atoms with Crippen LogP contribution in [0.15, 0.2) is 42.5 Å². The van der Waals surface area contributed by atoms with Crippen molar-refractivity contribution < 1.29 is 24.1 Å². The Morgan fingerprint density at radius 3 is 2.53 bits per heavy atom. The number of nitrogens with zero attached hydrogens (tertiary/aromatic N) is 3. The van der Waals surface area contributed by atoms with Crippen LogP contribution in [-0.2, 0) is 4.74 Å². The molecule has 0 radical (unpaired) electrons. The lowest BCUT2D eigenvalue weighted by Crippen LogP contribution is -2.25. The standard InChI is InChI=1S/C25H32N4O5/c1-16(2)13-31-14-21(30)12-26-19-6-8-20(9-7-19)29-24(27-25(28-29)34-17(3)4)18-5-10-22-23(11-18)33-15-32-22/h5-11,16-17,21,26,30H,12-15H2,1-4H3. The van der Waals surface area contributed by atoms with Crippen molar-refractivity contribution in [3.63, 3.8) is 0 Å². The molecule has 182 valence electrons. The maximum atomic E-state index is 10.1. The van der Waals surface area contributed by atoms with Gasteiger partial charge in [-0.2, -0.15) is 4.98 Å². The minimum atomic E-state index is -0.581. The van der Waals surface area contributed by atoms with Crippen molar-refractivity contribution in [2.24, 2.45) is 5.92 Å². The second kappa shape index (κ2) is 10.8. The fraction of sp³-hybridized carbons (Fsp3) is 0.440. The highest BCUT2D eigenvalue weighted by atomic mass is 16.7. The van der Waals surface area contributed by atoms with Gasteiger partial charge in [-0.1, -0.05) is 13.8 Å². The van der Waals surface area contributed by atoms with Crippen LogP contribution in [-0.4, -0.2) is 58.6 Å². The SMILES string of the molecule is CC(C)COCC(O)CNc1ccc(-n2nc(OC(C)C)nc2-c2ccc3c(c2)OCO3)cc1. The van der Waals surface area contributed by atoms with Crippen LogP contribution < -0.4 is 19.5 Å². The number of aliphatic hydroxyl groups is 1. The molecule has 0 amide bonds. The molecule has 1 aliphatic heterocycles. The zero-order valence-electron chi connectivity index (χ0n) is 20.0. The van der Waals surface area contributed by atoms with Gasteiger partial charge in [0.05, 0.1) is 24.5 Å². The van der Waals surface area contributed by atoms with Crippen LogP contribution in [0.2, 0.25) is 0 Å². The molecule has 0 saturated carbocycles. The van der Waals surface area contributed by atoms with Crippen LogP contribution in [0.1, 0.15) is 27.7 Å². The molecule has 0 spiro atoms. The fourth-order valence-corrected chi connectivity index (χ4v) is 3.41. The number of hydrogen-bond donors (Lipinski definition) is 2. The van der Waals surface area contributed by atoms with E-state index >= 15 is 0 Å². The van der Waals surface area contributed by atoms with Gasteiger partial charge in [-0.15, -0.1) is 5.10 Å². The molecule has 2 heterocycles. The molecule has 0 saturated heterocycles. The summed E-state index contributed by atoms with van der Waals surface area (Å²) in [6, 6.07) is 13.7. The molecule has 1 aliphatic rings. The molecule has 9 nitrogen and oxygen atoms in total. The van der Waals surface area contributed by atoms with E-state index in [2.05, 4.69) is 29.2 Å². The van der Waals surface area contributed by atoms with Gasteiger partial charge in [0.1, 0.15) is 0 Å². The first-order chi connectivity index (χ1) is 16.4. The summed E-state index contributed by atoms with van der Waals surface area (Å²) in [6.07, 6.45) is -0.634. The van der Waals surface area contributed by atoms with E-state index in [1.165, 1.54) is 0 Å². The van der Waals surface area contributed by atoms with Gasteiger partial charge in [0.15, 0.2) is 17.3 Å². The molecule has 0 aliphatic carbocycles. The first kappa shape index (κ1) is 23.8. The monoisotopic (exact) mass is 468 g/mol. The third kappa shape index (κ3) is 5.98. The topological polar surface area (TPSA) is 99.9 Å². The van der Waals surface area contributed by atoms with Gasteiger partial charge in [0, 0.05) is 24.4 Å². The summed E-state index contributed by atoms with van der Waals surface area (Å²) in [5.41, 5.74) is 2.54. The highest BCUT2D eigenvalue weighted by Crippen LogP contribution is 2.36. The first-order valence-corrected chi connectivity index (χ1v) is 11.5. The van der Waals surface area contributed by atoms with Gasteiger partial charge in [0.2, 0.25) is 6.79 Å². The summed E-state index contributed by atoms with van der Waals surface area (Å²) in [7, 11) is 0. The number of benzene rings is 2. The van der Waals surface area contributed by atoms with Crippen LogP contribution in [0.5, 0.6) is 17.5 Å². The second-order valence-electron chi connectivity index (χ2n) is 8.88. The number of aliphatic hydroxyl groups excluding tert-OH is 1. The summed E-state index contributed by atoms with van der Waals surface area (Å²) < 4.78 is 23.9. The molecule has 1 aromatic heterocycles. The average Bonchev–Trinajstić information content (AvgIpc) is 3.44. The number of anilines is 1. The number of nitrogens with one attached hydrogen (secondary N) is 1. The zero-order chi connectivity index (χ0) is 24.1. The molecule has 9 heteroatoms. The van der Waals surface area contributed by atoms with Crippen LogP contribution in [0.3, 0.4) is 0 Å². The summed E-state index contributed by atoms with van der Waals surface area (Å²) >= 11 is 0. The van der Waals surface area contributed by atoms with Crippen molar-refractivity contribution in [2.45, 2.75) is 39.9 Å². The summed E-state index contributed by atoms with van der Waals surface area (Å²) in [5, 5.41) is 17.9. The lowest BCUT2D eigenvalue weighted by Gasteiger charge is -2.14. The van der Waals surface area contributed by atoms with Crippen LogP contribution in [0.4, 0.5) is 5.69 Å². The molecule has 3 aromatic rings. The normalized spacial score (nSPS) is 13.5. The van der Waals surface area contributed by atoms with Crippen LogP contribution in [0, 0.1) is 5.92 Å². The molecule has 2 aromatic carbocycles. The summed E-state index contributed by atoms with van der Waals surface area (Å²) in [5.74, 6) is 2.46. The van der Waals surface area contributed by atoms with Crippen molar-refractivity contribution >= 4 is 5.69 Å². The number of rotatable bonds is 11. The lowest BCUT2D eigenvalue weighted by molar-refractivity contribution is 0.0318. The van der Waals surface area contributed by atoms with E-state index < -0.39 is 6.10 Å². The van der Waals surface area contributed by atoms with E-state index in [0.717, 1.165) is 16.9 Å². The Hall–Kier alpha value is -3.30. The molecular weight excluding hydrogens is 436 g/mol. The quantitative estimate of drug-likeness (QED) is 0.437. The molecule has 2 N–H and O–H groups in total. The maximum Gasteiger partial charge on any atom is 0.336 e. The molecule has 1 atom stereocenters. The second-order valence-corrected chi connectivity index (χ2v) is 8.88. The van der Waals surface area contributed by atoms with Gasteiger partial charge in [-0.05, 0) is 62.2 Å². The van der Waals surface area contributed by atoms with Crippen molar-refractivity contribution in [3.8, 4) is 34.6 Å². The Morgan fingerprint density at radius 2 is 1.79 bits per heavy atom. The predicted octanol–water partition coefficient (Wildman–Crippen LogP) is 3.90. The van der Waals surface area contributed by atoms with Crippen LogP contribution >= 0.6 is 0 Å². The Bertz CT molecular complexity index is 1080. The number of aromatic nitrogens is 3. The Balaban J connectivity index is 1.50. The minimum Gasteiger partial charge on any atom is -0.460 e. The molecule has 34 heavy (non-hydrogen) atoms. The van der Waals surface area contributed by atoms with Crippen molar-refractivity contribution in [1.82, 2.24) is 14.8 Å². The molecule has 0 bridgehead atoms. The Labute approximate surface area is 199 Å². The number of fused-ring (bicyclic) bond motifs is 1. The summed E-state index contributed by atoms with van der Waals surface area (Å²) in [6.45, 7) is 9.58. The zero-order valence-corrected chi connectivity index (χ0v) is 20.0. The molecular formula is C25H32N4O5. The maximum absolute atomic E-state index is 10.1. The number of hydrogen-bond acceptors (Lipinski definition) is 8. The fourth-order valence-electron chi connectivity index (χ4n) is 3.41. The Morgan fingerprint density at radius 1 is 1.03 bits per heavy atom. The van der Waals surface area contributed by atoms with Crippen molar-refractivity contribution in [3.05, 3.63) is 42.5 Å². The highest BCUT2D eigenvalue weighted by molar-refractivity contribution is 5.64. The minimum absolute atomic E-state index is 0.0528.